The first-order valence-electron chi connectivity index (χ1n) is 9.59. The summed E-state index contributed by atoms with van der Waals surface area (Å²) >= 11 is 0. The highest BCUT2D eigenvalue weighted by Crippen LogP contribution is 2.38. The maximum absolute atomic E-state index is 13.1. The van der Waals surface area contributed by atoms with Gasteiger partial charge in [-0.15, -0.1) is 0 Å². The van der Waals surface area contributed by atoms with E-state index in [0.717, 1.165) is 18.8 Å². The lowest BCUT2D eigenvalue weighted by Crippen LogP contribution is -2.36. The Labute approximate surface area is 163 Å². The molecular weight excluding hydrogens is 354 g/mol. The Balaban J connectivity index is 1.34. The molecule has 0 radical (unpaired) electrons. The first-order chi connectivity index (χ1) is 13.5. The molecule has 28 heavy (non-hydrogen) atoms. The zero-order valence-electron chi connectivity index (χ0n) is 15.5. The zero-order valence-corrected chi connectivity index (χ0v) is 15.5. The molecule has 1 spiro atoms. The Kier molecular flexibility index (Phi) is 3.75. The second-order valence-corrected chi connectivity index (χ2v) is 7.99. The number of anilines is 1. The average molecular weight is 375 g/mol. The van der Waals surface area contributed by atoms with Crippen molar-refractivity contribution < 1.29 is 14.4 Å². The summed E-state index contributed by atoms with van der Waals surface area (Å²) in [7, 11) is 0. The molecule has 3 aliphatic heterocycles. The van der Waals surface area contributed by atoms with Crippen molar-refractivity contribution in [3.05, 3.63) is 65.2 Å². The smallest absolute Gasteiger partial charge is 0.253 e. The zero-order chi connectivity index (χ0) is 19.3. The van der Waals surface area contributed by atoms with Crippen molar-refractivity contribution in [3.8, 4) is 0 Å². The van der Waals surface area contributed by atoms with E-state index in [0.29, 0.717) is 25.1 Å². The van der Waals surface area contributed by atoms with Gasteiger partial charge in [-0.2, -0.15) is 0 Å². The van der Waals surface area contributed by atoms with Crippen LogP contribution in [0.4, 0.5) is 5.69 Å². The van der Waals surface area contributed by atoms with Crippen LogP contribution in [0, 0.1) is 5.41 Å². The quantitative estimate of drug-likeness (QED) is 0.816. The van der Waals surface area contributed by atoms with Crippen molar-refractivity contribution in [2.45, 2.75) is 25.9 Å². The van der Waals surface area contributed by atoms with Gasteiger partial charge in [0.05, 0.1) is 5.41 Å². The first-order valence-corrected chi connectivity index (χ1v) is 9.59. The summed E-state index contributed by atoms with van der Waals surface area (Å²) in [6, 6.07) is 16.1. The number of hydrogen-bond donors (Lipinski definition) is 1. The number of carbonyl (C=O) groups excluding carboxylic acids is 3. The van der Waals surface area contributed by atoms with Crippen molar-refractivity contribution in [2.24, 2.45) is 5.41 Å². The predicted molar refractivity (Wildman–Crippen MR) is 103 cm³/mol. The number of benzene rings is 2. The van der Waals surface area contributed by atoms with E-state index >= 15 is 0 Å². The summed E-state index contributed by atoms with van der Waals surface area (Å²) in [6.07, 6.45) is 0.721. The van der Waals surface area contributed by atoms with Crippen molar-refractivity contribution in [1.82, 2.24) is 10.2 Å². The minimum absolute atomic E-state index is 0.0809. The molecule has 2 fully saturated rings. The number of fused-ring (bicyclic) bond motifs is 1. The van der Waals surface area contributed by atoms with Crippen LogP contribution in [0.3, 0.4) is 0 Å². The van der Waals surface area contributed by atoms with Gasteiger partial charge in [0.25, 0.3) is 5.91 Å². The standard InChI is InChI=1S/C22H21N3O3/c26-19-11-22(21(28)23-19)8-9-24(14-22)20(27)15-6-3-7-18(10-15)25-12-16-4-1-2-5-17(16)13-25/h1-7,10H,8-9,11-14H2,(H,23,26,28)/t22-/m0/s1. The van der Waals surface area contributed by atoms with Crippen LogP contribution in [0.1, 0.15) is 34.3 Å². The average Bonchev–Trinajstić information content (AvgIpc) is 3.39. The van der Waals surface area contributed by atoms with Gasteiger partial charge in [-0.1, -0.05) is 30.3 Å². The number of carbonyl (C=O) groups is 3. The molecule has 2 aromatic carbocycles. The van der Waals surface area contributed by atoms with Gasteiger partial charge in [-0.05, 0) is 35.7 Å². The van der Waals surface area contributed by atoms with Crippen molar-refractivity contribution in [1.29, 1.82) is 0 Å². The highest BCUT2D eigenvalue weighted by atomic mass is 16.2. The number of nitrogens with zero attached hydrogens (tertiary/aromatic N) is 2. The number of rotatable bonds is 2. The van der Waals surface area contributed by atoms with E-state index in [9.17, 15) is 14.4 Å². The number of imide groups is 1. The third kappa shape index (κ3) is 2.68. The minimum atomic E-state index is -0.735. The molecule has 0 bridgehead atoms. The SMILES string of the molecule is O=C1C[C@]2(CCN(C(=O)c3cccc(N4Cc5ccccc5C4)c3)C2)C(=O)N1. The second-order valence-electron chi connectivity index (χ2n) is 7.99. The third-order valence-electron chi connectivity index (χ3n) is 6.17. The summed E-state index contributed by atoms with van der Waals surface area (Å²) in [5, 5.41) is 2.38. The van der Waals surface area contributed by atoms with E-state index < -0.39 is 5.41 Å². The number of likely N-dealkylation sites (tertiary alicyclic amines) is 1. The van der Waals surface area contributed by atoms with Gasteiger partial charge in [-0.25, -0.2) is 0 Å². The Bertz CT molecular complexity index is 977. The fourth-order valence-electron chi connectivity index (χ4n) is 4.60. The van der Waals surface area contributed by atoms with E-state index in [1.807, 2.05) is 24.3 Å². The molecule has 1 atom stereocenters. The maximum atomic E-state index is 13.1. The lowest BCUT2D eigenvalue weighted by molar-refractivity contribution is -0.128. The summed E-state index contributed by atoms with van der Waals surface area (Å²) < 4.78 is 0. The van der Waals surface area contributed by atoms with Gasteiger partial charge >= 0.3 is 0 Å². The molecular formula is C22H21N3O3. The minimum Gasteiger partial charge on any atom is -0.363 e. The summed E-state index contributed by atoms with van der Waals surface area (Å²) in [5.74, 6) is -0.561. The predicted octanol–water partition coefficient (Wildman–Crippen LogP) is 2.09. The molecule has 6 heteroatoms. The molecule has 2 aromatic rings. The van der Waals surface area contributed by atoms with E-state index in [-0.39, 0.29) is 24.1 Å². The third-order valence-corrected chi connectivity index (χ3v) is 6.17. The lowest BCUT2D eigenvalue weighted by atomic mass is 9.85. The topological polar surface area (TPSA) is 69.7 Å². The summed E-state index contributed by atoms with van der Waals surface area (Å²) in [6.45, 7) is 2.48. The Morgan fingerprint density at radius 2 is 1.75 bits per heavy atom. The van der Waals surface area contributed by atoms with Gasteiger partial charge < -0.3 is 9.80 Å². The Morgan fingerprint density at radius 1 is 1.00 bits per heavy atom. The molecule has 5 rings (SSSR count). The van der Waals surface area contributed by atoms with Crippen LogP contribution in [0.25, 0.3) is 0 Å². The second kappa shape index (κ2) is 6.19. The lowest BCUT2D eigenvalue weighted by Gasteiger charge is -2.22. The molecule has 2 saturated heterocycles. The molecule has 0 saturated carbocycles. The Hall–Kier alpha value is -3.15. The largest absolute Gasteiger partial charge is 0.363 e. The van der Waals surface area contributed by atoms with Gasteiger partial charge in [0.1, 0.15) is 0 Å². The molecule has 142 valence electrons. The Morgan fingerprint density at radius 3 is 2.43 bits per heavy atom. The van der Waals surface area contributed by atoms with Crippen molar-refractivity contribution in [3.63, 3.8) is 0 Å². The van der Waals surface area contributed by atoms with Gasteiger partial charge in [0, 0.05) is 43.9 Å². The van der Waals surface area contributed by atoms with Crippen LogP contribution in [-0.2, 0) is 22.7 Å². The molecule has 3 amide bonds. The fourth-order valence-corrected chi connectivity index (χ4v) is 4.60. The summed E-state index contributed by atoms with van der Waals surface area (Å²) in [4.78, 5) is 40.8. The van der Waals surface area contributed by atoms with Crippen LogP contribution < -0.4 is 10.2 Å². The normalized spacial score (nSPS) is 23.4. The van der Waals surface area contributed by atoms with E-state index in [1.54, 1.807) is 4.90 Å². The molecule has 3 aliphatic rings. The highest BCUT2D eigenvalue weighted by Gasteiger charge is 2.51. The van der Waals surface area contributed by atoms with E-state index in [2.05, 4.69) is 34.5 Å². The highest BCUT2D eigenvalue weighted by molar-refractivity contribution is 6.07. The van der Waals surface area contributed by atoms with Gasteiger partial charge in [0.2, 0.25) is 11.8 Å². The fraction of sp³-hybridized carbons (Fsp3) is 0.318. The van der Waals surface area contributed by atoms with Crippen LogP contribution >= 0.6 is 0 Å². The molecule has 0 unspecified atom stereocenters. The van der Waals surface area contributed by atoms with Crippen molar-refractivity contribution in [2.75, 3.05) is 18.0 Å². The molecule has 3 heterocycles. The van der Waals surface area contributed by atoms with E-state index in [4.69, 9.17) is 0 Å². The number of hydrogen-bond acceptors (Lipinski definition) is 4. The number of nitrogens with one attached hydrogen (secondary N) is 1. The van der Waals surface area contributed by atoms with Gasteiger partial charge in [0.15, 0.2) is 0 Å². The van der Waals surface area contributed by atoms with Crippen molar-refractivity contribution >= 4 is 23.4 Å². The molecule has 6 nitrogen and oxygen atoms in total. The van der Waals surface area contributed by atoms with E-state index in [1.165, 1.54) is 11.1 Å². The van der Waals surface area contributed by atoms with Crippen LogP contribution in [0.5, 0.6) is 0 Å². The van der Waals surface area contributed by atoms with Crippen LogP contribution in [0.15, 0.2) is 48.5 Å². The van der Waals surface area contributed by atoms with Gasteiger partial charge in [-0.3, -0.25) is 19.7 Å². The molecule has 1 N–H and O–H groups in total. The monoisotopic (exact) mass is 375 g/mol. The molecule has 0 aliphatic carbocycles. The number of amides is 3. The first kappa shape index (κ1) is 17.0. The maximum Gasteiger partial charge on any atom is 0.253 e. The van der Waals surface area contributed by atoms with Crippen LogP contribution in [-0.4, -0.2) is 35.7 Å². The summed E-state index contributed by atoms with van der Waals surface area (Å²) in [5.41, 5.74) is 3.54. The molecule has 0 aromatic heterocycles. The van der Waals surface area contributed by atoms with Crippen LogP contribution in [0.2, 0.25) is 0 Å².